The van der Waals surface area contributed by atoms with Crippen LogP contribution in [0.1, 0.15) is 11.1 Å². The first-order valence-electron chi connectivity index (χ1n) is 6.89. The summed E-state index contributed by atoms with van der Waals surface area (Å²) in [7, 11) is -3.69. The number of sulfonamides is 1. The molecule has 0 spiro atoms. The highest BCUT2D eigenvalue weighted by Crippen LogP contribution is 2.10. The number of benzene rings is 2. The Morgan fingerprint density at radius 3 is 2.36 bits per heavy atom. The lowest BCUT2D eigenvalue weighted by atomic mass is 10.1. The fourth-order valence-corrected chi connectivity index (χ4v) is 3.24. The van der Waals surface area contributed by atoms with E-state index in [-0.39, 0.29) is 12.1 Å². The molecule has 0 amide bonds. The van der Waals surface area contributed by atoms with Gasteiger partial charge in [-0.05, 0) is 18.1 Å². The van der Waals surface area contributed by atoms with Crippen LogP contribution in [0.15, 0.2) is 54.6 Å². The van der Waals surface area contributed by atoms with Crippen molar-refractivity contribution in [3.8, 4) is 0 Å². The molecule has 0 saturated heterocycles. The number of rotatable bonds is 7. The van der Waals surface area contributed by atoms with E-state index in [0.717, 1.165) is 5.56 Å². The second-order valence-electron chi connectivity index (χ2n) is 5.04. The SMILES string of the molecule is O=S(=O)(Cc1ccccc1F)NC[C@H](O)Cc1ccccc1. The molecular weight excluding hydrogens is 305 g/mol. The number of nitrogens with one attached hydrogen (secondary N) is 1. The van der Waals surface area contributed by atoms with Crippen molar-refractivity contribution in [2.75, 3.05) is 6.54 Å². The van der Waals surface area contributed by atoms with E-state index in [1.54, 1.807) is 6.07 Å². The van der Waals surface area contributed by atoms with Gasteiger partial charge in [0.15, 0.2) is 0 Å². The Labute approximate surface area is 129 Å². The van der Waals surface area contributed by atoms with Gasteiger partial charge >= 0.3 is 0 Å². The smallest absolute Gasteiger partial charge is 0.215 e. The number of aliphatic hydroxyl groups excluding tert-OH is 1. The van der Waals surface area contributed by atoms with Gasteiger partial charge in [0.05, 0.1) is 11.9 Å². The van der Waals surface area contributed by atoms with Gasteiger partial charge in [0, 0.05) is 12.1 Å². The van der Waals surface area contributed by atoms with E-state index in [9.17, 15) is 17.9 Å². The number of aliphatic hydroxyl groups is 1. The fraction of sp³-hybridized carbons (Fsp3) is 0.250. The first kappa shape index (κ1) is 16.6. The van der Waals surface area contributed by atoms with Crippen LogP contribution in [0.4, 0.5) is 4.39 Å². The zero-order chi connectivity index (χ0) is 16.0. The zero-order valence-electron chi connectivity index (χ0n) is 11.9. The van der Waals surface area contributed by atoms with Crippen molar-refractivity contribution in [3.05, 3.63) is 71.5 Å². The Kier molecular flexibility index (Phi) is 5.65. The molecule has 0 aliphatic rings. The van der Waals surface area contributed by atoms with Crippen LogP contribution in [0.3, 0.4) is 0 Å². The molecule has 2 aromatic carbocycles. The van der Waals surface area contributed by atoms with Crippen LogP contribution in [0, 0.1) is 5.82 Å². The molecule has 0 bridgehead atoms. The summed E-state index contributed by atoms with van der Waals surface area (Å²) in [6.45, 7) is -0.105. The summed E-state index contributed by atoms with van der Waals surface area (Å²) in [6.07, 6.45) is -0.485. The Morgan fingerprint density at radius 2 is 1.68 bits per heavy atom. The highest BCUT2D eigenvalue weighted by atomic mass is 32.2. The Balaban J connectivity index is 1.88. The van der Waals surface area contributed by atoms with Crippen LogP contribution in [-0.4, -0.2) is 26.2 Å². The van der Waals surface area contributed by atoms with Crippen LogP contribution < -0.4 is 4.72 Å². The van der Waals surface area contributed by atoms with Gasteiger partial charge in [-0.3, -0.25) is 0 Å². The average Bonchev–Trinajstić information content (AvgIpc) is 2.49. The molecule has 0 heterocycles. The molecule has 0 aromatic heterocycles. The Bertz CT molecular complexity index is 704. The zero-order valence-corrected chi connectivity index (χ0v) is 12.8. The summed E-state index contributed by atoms with van der Waals surface area (Å²) in [6, 6.07) is 15.0. The van der Waals surface area contributed by atoms with Gasteiger partial charge < -0.3 is 5.11 Å². The Morgan fingerprint density at radius 1 is 1.05 bits per heavy atom. The van der Waals surface area contributed by atoms with Gasteiger partial charge in [0.25, 0.3) is 0 Å². The van der Waals surface area contributed by atoms with E-state index < -0.39 is 27.7 Å². The molecule has 1 atom stereocenters. The molecule has 22 heavy (non-hydrogen) atoms. The van der Waals surface area contributed by atoms with E-state index >= 15 is 0 Å². The standard InChI is InChI=1S/C16H18FNO3S/c17-16-9-5-4-8-14(16)12-22(20,21)18-11-15(19)10-13-6-2-1-3-7-13/h1-9,15,18-19H,10-12H2/t15-/m1/s1. The highest BCUT2D eigenvalue weighted by molar-refractivity contribution is 7.88. The molecule has 0 aliphatic heterocycles. The second-order valence-corrected chi connectivity index (χ2v) is 6.85. The fourth-order valence-electron chi connectivity index (χ4n) is 2.05. The minimum absolute atomic E-state index is 0.104. The van der Waals surface area contributed by atoms with E-state index in [0.29, 0.717) is 6.42 Å². The van der Waals surface area contributed by atoms with E-state index in [1.165, 1.54) is 18.2 Å². The van der Waals surface area contributed by atoms with Gasteiger partial charge in [-0.15, -0.1) is 0 Å². The van der Waals surface area contributed by atoms with Crippen molar-refractivity contribution in [2.45, 2.75) is 18.3 Å². The average molecular weight is 323 g/mol. The minimum Gasteiger partial charge on any atom is -0.391 e. The largest absolute Gasteiger partial charge is 0.391 e. The minimum atomic E-state index is -3.69. The molecule has 4 nitrogen and oxygen atoms in total. The summed E-state index contributed by atoms with van der Waals surface area (Å²) in [5.41, 5.74) is 1.02. The van der Waals surface area contributed by atoms with Gasteiger partial charge in [0.1, 0.15) is 5.82 Å². The maximum Gasteiger partial charge on any atom is 0.215 e. The summed E-state index contributed by atoms with van der Waals surface area (Å²) in [5, 5.41) is 9.89. The molecule has 0 saturated carbocycles. The third kappa shape index (κ3) is 5.22. The van der Waals surface area contributed by atoms with E-state index in [1.807, 2.05) is 30.3 Å². The summed E-state index contributed by atoms with van der Waals surface area (Å²) >= 11 is 0. The van der Waals surface area contributed by atoms with Crippen molar-refractivity contribution in [1.29, 1.82) is 0 Å². The second kappa shape index (κ2) is 7.49. The summed E-state index contributed by atoms with van der Waals surface area (Å²) in [4.78, 5) is 0. The normalized spacial score (nSPS) is 13.0. The molecule has 0 fully saturated rings. The van der Waals surface area contributed by atoms with Crippen molar-refractivity contribution >= 4 is 10.0 Å². The van der Waals surface area contributed by atoms with Crippen LogP contribution in [0.2, 0.25) is 0 Å². The van der Waals surface area contributed by atoms with Crippen molar-refractivity contribution < 1.29 is 17.9 Å². The molecule has 118 valence electrons. The van der Waals surface area contributed by atoms with Crippen molar-refractivity contribution in [2.24, 2.45) is 0 Å². The summed E-state index contributed by atoms with van der Waals surface area (Å²) in [5.74, 6) is -1.00. The van der Waals surface area contributed by atoms with Gasteiger partial charge in [-0.1, -0.05) is 48.5 Å². The molecular formula is C16H18FNO3S. The molecule has 2 N–H and O–H groups in total. The van der Waals surface area contributed by atoms with Crippen LogP contribution >= 0.6 is 0 Å². The maximum atomic E-state index is 13.5. The number of halogens is 1. The maximum absolute atomic E-state index is 13.5. The lowest BCUT2D eigenvalue weighted by molar-refractivity contribution is 0.179. The number of hydrogen-bond donors (Lipinski definition) is 2. The van der Waals surface area contributed by atoms with Crippen LogP contribution in [-0.2, 0) is 22.2 Å². The molecule has 6 heteroatoms. The van der Waals surface area contributed by atoms with Crippen molar-refractivity contribution in [3.63, 3.8) is 0 Å². The predicted molar refractivity (Wildman–Crippen MR) is 83.2 cm³/mol. The first-order chi connectivity index (χ1) is 10.5. The monoisotopic (exact) mass is 323 g/mol. The third-order valence-electron chi connectivity index (χ3n) is 3.16. The summed E-state index contributed by atoms with van der Waals surface area (Å²) < 4.78 is 39.6. The molecule has 0 radical (unpaired) electrons. The Hall–Kier alpha value is -1.76. The van der Waals surface area contributed by atoms with E-state index in [4.69, 9.17) is 0 Å². The van der Waals surface area contributed by atoms with Crippen LogP contribution in [0.5, 0.6) is 0 Å². The van der Waals surface area contributed by atoms with Gasteiger partial charge in [-0.25, -0.2) is 17.5 Å². The van der Waals surface area contributed by atoms with Crippen LogP contribution in [0.25, 0.3) is 0 Å². The third-order valence-corrected chi connectivity index (χ3v) is 4.45. The van der Waals surface area contributed by atoms with Gasteiger partial charge in [-0.2, -0.15) is 0 Å². The lowest BCUT2D eigenvalue weighted by Gasteiger charge is -2.12. The van der Waals surface area contributed by atoms with E-state index in [2.05, 4.69) is 4.72 Å². The van der Waals surface area contributed by atoms with Crippen molar-refractivity contribution in [1.82, 2.24) is 4.72 Å². The first-order valence-corrected chi connectivity index (χ1v) is 8.54. The predicted octanol–water partition coefficient (Wildman–Crippen LogP) is 1.85. The lowest BCUT2D eigenvalue weighted by Crippen LogP contribution is -2.34. The quantitative estimate of drug-likeness (QED) is 0.817. The number of hydrogen-bond acceptors (Lipinski definition) is 3. The molecule has 2 aromatic rings. The molecule has 0 unspecified atom stereocenters. The molecule has 2 rings (SSSR count). The van der Waals surface area contributed by atoms with Gasteiger partial charge in [0.2, 0.25) is 10.0 Å². The topological polar surface area (TPSA) is 66.4 Å². The highest BCUT2D eigenvalue weighted by Gasteiger charge is 2.16. The molecule has 0 aliphatic carbocycles.